The SMILES string of the molecule is N#Cc1ccc(NC(=O)c2ccncc2O)cc1Cl. The van der Waals surface area contributed by atoms with E-state index in [9.17, 15) is 9.90 Å². The molecule has 0 unspecified atom stereocenters. The number of aromatic nitrogens is 1. The summed E-state index contributed by atoms with van der Waals surface area (Å²) in [6, 6.07) is 7.85. The molecule has 1 aromatic heterocycles. The lowest BCUT2D eigenvalue weighted by Crippen LogP contribution is -2.12. The minimum absolute atomic E-state index is 0.107. The maximum absolute atomic E-state index is 11.9. The number of amides is 1. The highest BCUT2D eigenvalue weighted by molar-refractivity contribution is 6.32. The predicted molar refractivity (Wildman–Crippen MR) is 70.0 cm³/mol. The Balaban J connectivity index is 2.23. The number of nitriles is 1. The smallest absolute Gasteiger partial charge is 0.259 e. The molecule has 0 saturated heterocycles. The normalized spacial score (nSPS) is 9.68. The van der Waals surface area contributed by atoms with Crippen LogP contribution in [0.3, 0.4) is 0 Å². The van der Waals surface area contributed by atoms with Crippen molar-refractivity contribution in [3.63, 3.8) is 0 Å². The number of aromatic hydroxyl groups is 1. The summed E-state index contributed by atoms with van der Waals surface area (Å²) in [5.41, 5.74) is 0.868. The number of benzene rings is 1. The zero-order chi connectivity index (χ0) is 13.8. The van der Waals surface area contributed by atoms with E-state index in [-0.39, 0.29) is 16.3 Å². The molecule has 19 heavy (non-hydrogen) atoms. The highest BCUT2D eigenvalue weighted by Crippen LogP contribution is 2.22. The molecule has 0 saturated carbocycles. The van der Waals surface area contributed by atoms with Gasteiger partial charge in [-0.3, -0.25) is 9.78 Å². The molecule has 94 valence electrons. The largest absolute Gasteiger partial charge is 0.505 e. The number of rotatable bonds is 2. The summed E-state index contributed by atoms with van der Waals surface area (Å²) < 4.78 is 0. The van der Waals surface area contributed by atoms with Crippen LogP contribution in [0.2, 0.25) is 5.02 Å². The van der Waals surface area contributed by atoms with Gasteiger partial charge in [-0.05, 0) is 24.3 Å². The Hall–Kier alpha value is -2.58. The van der Waals surface area contributed by atoms with Crippen molar-refractivity contribution in [3.8, 4) is 11.8 Å². The van der Waals surface area contributed by atoms with Crippen LogP contribution in [0, 0.1) is 11.3 Å². The minimum Gasteiger partial charge on any atom is -0.505 e. The fourth-order valence-corrected chi connectivity index (χ4v) is 1.68. The summed E-state index contributed by atoms with van der Waals surface area (Å²) in [6.45, 7) is 0. The second kappa shape index (κ2) is 5.38. The first kappa shape index (κ1) is 12.9. The van der Waals surface area contributed by atoms with Gasteiger partial charge in [0.25, 0.3) is 5.91 Å². The second-order valence-electron chi connectivity index (χ2n) is 3.65. The van der Waals surface area contributed by atoms with Crippen LogP contribution >= 0.6 is 11.6 Å². The van der Waals surface area contributed by atoms with Crippen LogP contribution in [0.5, 0.6) is 5.75 Å². The summed E-state index contributed by atoms with van der Waals surface area (Å²) in [5, 5.41) is 21.1. The van der Waals surface area contributed by atoms with E-state index in [1.54, 1.807) is 6.07 Å². The first-order chi connectivity index (χ1) is 9.11. The Morgan fingerprint density at radius 3 is 2.84 bits per heavy atom. The third-order valence-electron chi connectivity index (χ3n) is 2.39. The summed E-state index contributed by atoms with van der Waals surface area (Å²) in [5.74, 6) is -0.694. The number of nitrogens with zero attached hydrogens (tertiary/aromatic N) is 2. The number of carbonyl (C=O) groups is 1. The topological polar surface area (TPSA) is 86.0 Å². The molecule has 0 spiro atoms. The molecule has 0 aliphatic carbocycles. The highest BCUT2D eigenvalue weighted by Gasteiger charge is 2.11. The fraction of sp³-hybridized carbons (Fsp3) is 0. The lowest BCUT2D eigenvalue weighted by atomic mass is 10.2. The number of halogens is 1. The van der Waals surface area contributed by atoms with E-state index in [0.29, 0.717) is 11.3 Å². The van der Waals surface area contributed by atoms with E-state index in [0.717, 1.165) is 0 Å². The van der Waals surface area contributed by atoms with Crippen LogP contribution in [0.4, 0.5) is 5.69 Å². The van der Waals surface area contributed by atoms with E-state index in [1.807, 2.05) is 6.07 Å². The third-order valence-corrected chi connectivity index (χ3v) is 2.70. The molecule has 1 aromatic carbocycles. The summed E-state index contributed by atoms with van der Waals surface area (Å²) in [6.07, 6.45) is 2.58. The Morgan fingerprint density at radius 1 is 1.42 bits per heavy atom. The fourth-order valence-electron chi connectivity index (χ4n) is 1.46. The number of pyridine rings is 1. The molecule has 0 radical (unpaired) electrons. The molecule has 5 nitrogen and oxygen atoms in total. The van der Waals surface area contributed by atoms with Gasteiger partial charge in [0.1, 0.15) is 11.8 Å². The molecule has 0 aliphatic heterocycles. The maximum atomic E-state index is 11.9. The Bertz CT molecular complexity index is 680. The first-order valence-corrected chi connectivity index (χ1v) is 5.63. The van der Waals surface area contributed by atoms with Gasteiger partial charge in [-0.15, -0.1) is 0 Å². The van der Waals surface area contributed by atoms with Gasteiger partial charge in [0, 0.05) is 11.9 Å². The van der Waals surface area contributed by atoms with Crippen molar-refractivity contribution in [1.82, 2.24) is 4.98 Å². The van der Waals surface area contributed by atoms with Crippen molar-refractivity contribution in [2.24, 2.45) is 0 Å². The van der Waals surface area contributed by atoms with Crippen LogP contribution in [0.1, 0.15) is 15.9 Å². The van der Waals surface area contributed by atoms with Crippen molar-refractivity contribution < 1.29 is 9.90 Å². The minimum atomic E-state index is -0.485. The van der Waals surface area contributed by atoms with Crippen molar-refractivity contribution >= 4 is 23.2 Å². The zero-order valence-electron chi connectivity index (χ0n) is 9.59. The molecule has 0 aliphatic rings. The van der Waals surface area contributed by atoms with Crippen molar-refractivity contribution in [2.75, 3.05) is 5.32 Å². The number of anilines is 1. The standard InChI is InChI=1S/C13H8ClN3O2/c14-11-5-9(2-1-8(11)6-15)17-13(19)10-3-4-16-7-12(10)18/h1-5,7,18H,(H,17,19). The van der Waals surface area contributed by atoms with Gasteiger partial charge in [0.15, 0.2) is 0 Å². The molecular formula is C13H8ClN3O2. The summed E-state index contributed by atoms with van der Waals surface area (Å²) >= 11 is 5.86. The van der Waals surface area contributed by atoms with Crippen molar-refractivity contribution in [3.05, 3.63) is 52.8 Å². The van der Waals surface area contributed by atoms with Crippen LogP contribution in [0.25, 0.3) is 0 Å². The molecule has 6 heteroatoms. The van der Waals surface area contributed by atoms with Crippen molar-refractivity contribution in [2.45, 2.75) is 0 Å². The Morgan fingerprint density at radius 2 is 2.21 bits per heavy atom. The van der Waals surface area contributed by atoms with Crippen LogP contribution in [-0.4, -0.2) is 16.0 Å². The number of nitrogens with one attached hydrogen (secondary N) is 1. The average Bonchev–Trinajstić information content (AvgIpc) is 2.39. The number of carbonyl (C=O) groups excluding carboxylic acids is 1. The quantitative estimate of drug-likeness (QED) is 0.880. The van der Waals surface area contributed by atoms with Gasteiger partial charge >= 0.3 is 0 Å². The van der Waals surface area contributed by atoms with Crippen LogP contribution in [-0.2, 0) is 0 Å². The lowest BCUT2D eigenvalue weighted by Gasteiger charge is -2.07. The molecule has 1 amide bonds. The molecule has 0 atom stereocenters. The van der Waals surface area contributed by atoms with E-state index in [2.05, 4.69) is 10.3 Å². The Kier molecular flexibility index (Phi) is 3.64. The van der Waals surface area contributed by atoms with Crippen LogP contribution < -0.4 is 5.32 Å². The highest BCUT2D eigenvalue weighted by atomic mass is 35.5. The first-order valence-electron chi connectivity index (χ1n) is 5.26. The maximum Gasteiger partial charge on any atom is 0.259 e. The number of hydrogen-bond acceptors (Lipinski definition) is 4. The van der Waals surface area contributed by atoms with Crippen molar-refractivity contribution in [1.29, 1.82) is 5.26 Å². The monoisotopic (exact) mass is 273 g/mol. The second-order valence-corrected chi connectivity index (χ2v) is 4.06. The van der Waals surface area contributed by atoms with Gasteiger partial charge in [-0.25, -0.2) is 0 Å². The molecule has 2 aromatic rings. The summed E-state index contributed by atoms with van der Waals surface area (Å²) in [7, 11) is 0. The van der Waals surface area contributed by atoms with E-state index >= 15 is 0 Å². The molecule has 2 rings (SSSR count). The van der Waals surface area contributed by atoms with Gasteiger partial charge in [-0.2, -0.15) is 5.26 Å². The average molecular weight is 274 g/mol. The lowest BCUT2D eigenvalue weighted by molar-refractivity contribution is 0.102. The molecule has 1 heterocycles. The molecule has 0 bridgehead atoms. The van der Waals surface area contributed by atoms with E-state index in [1.165, 1.54) is 30.6 Å². The van der Waals surface area contributed by atoms with Gasteiger partial charge in [0.2, 0.25) is 0 Å². The summed E-state index contributed by atoms with van der Waals surface area (Å²) in [4.78, 5) is 15.6. The molecule has 0 fully saturated rings. The Labute approximate surface area is 114 Å². The van der Waals surface area contributed by atoms with E-state index < -0.39 is 5.91 Å². The van der Waals surface area contributed by atoms with Crippen LogP contribution in [0.15, 0.2) is 36.7 Å². The van der Waals surface area contributed by atoms with Gasteiger partial charge in [0.05, 0.1) is 22.3 Å². The van der Waals surface area contributed by atoms with E-state index in [4.69, 9.17) is 16.9 Å². The zero-order valence-corrected chi connectivity index (χ0v) is 10.3. The van der Waals surface area contributed by atoms with Gasteiger partial charge < -0.3 is 10.4 Å². The number of hydrogen-bond donors (Lipinski definition) is 2. The molecule has 2 N–H and O–H groups in total. The third kappa shape index (κ3) is 2.81. The molecular weight excluding hydrogens is 266 g/mol. The van der Waals surface area contributed by atoms with Gasteiger partial charge in [-0.1, -0.05) is 11.6 Å². The predicted octanol–water partition coefficient (Wildman–Crippen LogP) is 2.56.